The van der Waals surface area contributed by atoms with Crippen molar-refractivity contribution in [2.45, 2.75) is 25.6 Å². The molecule has 1 unspecified atom stereocenters. The van der Waals surface area contributed by atoms with Crippen molar-refractivity contribution in [2.75, 3.05) is 13.2 Å². The number of ether oxygens (including phenoxy) is 3. The highest BCUT2D eigenvalue weighted by Crippen LogP contribution is 2.56. The topological polar surface area (TPSA) is 61.8 Å². The predicted molar refractivity (Wildman–Crippen MR) is 80.6 cm³/mol. The first-order valence-corrected chi connectivity index (χ1v) is 7.67. The van der Waals surface area contributed by atoms with Crippen molar-refractivity contribution < 1.29 is 37.0 Å². The molecule has 2 rings (SSSR count). The molecule has 0 fully saturated rings. The van der Waals surface area contributed by atoms with Gasteiger partial charge in [0.25, 0.3) is 5.60 Å². The van der Waals surface area contributed by atoms with Crippen molar-refractivity contribution in [2.24, 2.45) is 0 Å². The van der Waals surface area contributed by atoms with Crippen LogP contribution >= 0.6 is 11.6 Å². The van der Waals surface area contributed by atoms with E-state index in [2.05, 4.69) is 9.47 Å². The van der Waals surface area contributed by atoms with Crippen LogP contribution in [0.3, 0.4) is 0 Å². The highest BCUT2D eigenvalue weighted by Gasteiger charge is 2.71. The minimum Gasteiger partial charge on any atom is -0.462 e. The van der Waals surface area contributed by atoms with Crippen LogP contribution in [0.1, 0.15) is 19.4 Å². The highest BCUT2D eigenvalue weighted by atomic mass is 35.5. The van der Waals surface area contributed by atoms with Crippen molar-refractivity contribution in [3.05, 3.63) is 46.2 Å². The fourth-order valence-corrected chi connectivity index (χ4v) is 2.53. The second kappa shape index (κ2) is 6.95. The molecule has 0 aromatic heterocycles. The van der Waals surface area contributed by atoms with Crippen molar-refractivity contribution in [1.29, 1.82) is 0 Å². The van der Waals surface area contributed by atoms with Gasteiger partial charge in [0.15, 0.2) is 0 Å². The molecule has 9 heteroatoms. The summed E-state index contributed by atoms with van der Waals surface area (Å²) in [5.74, 6) is -3.28. The number of alkyl halides is 3. The molecule has 25 heavy (non-hydrogen) atoms. The Kier molecular flexibility index (Phi) is 5.31. The lowest BCUT2D eigenvalue weighted by atomic mass is 9.80. The van der Waals surface area contributed by atoms with Crippen molar-refractivity contribution in [1.82, 2.24) is 0 Å². The van der Waals surface area contributed by atoms with Gasteiger partial charge >= 0.3 is 18.1 Å². The van der Waals surface area contributed by atoms with Crippen LogP contribution < -0.4 is 0 Å². The van der Waals surface area contributed by atoms with Crippen LogP contribution in [0.5, 0.6) is 0 Å². The summed E-state index contributed by atoms with van der Waals surface area (Å²) in [6.45, 7) is 2.63. The van der Waals surface area contributed by atoms with Crippen LogP contribution in [-0.4, -0.2) is 31.3 Å². The first-order valence-electron chi connectivity index (χ1n) is 7.29. The zero-order valence-corrected chi connectivity index (χ0v) is 14.0. The minimum atomic E-state index is -5.03. The van der Waals surface area contributed by atoms with Crippen molar-refractivity contribution >= 4 is 23.5 Å². The molecule has 0 N–H and O–H groups in total. The molecule has 1 heterocycles. The molecule has 1 aromatic carbocycles. The zero-order chi connectivity index (χ0) is 18.8. The van der Waals surface area contributed by atoms with Crippen LogP contribution in [0.4, 0.5) is 13.2 Å². The van der Waals surface area contributed by atoms with Crippen molar-refractivity contribution in [3.8, 4) is 0 Å². The SMILES string of the molecule is CCOC(=O)C1=C(C(=O)OCC)C(c2ccc(Cl)cc2)(C(F)(F)F)O1. The Labute approximate surface area is 146 Å². The Hall–Kier alpha value is -2.22. The molecule has 0 radical (unpaired) electrons. The molecule has 0 saturated heterocycles. The van der Waals surface area contributed by atoms with E-state index in [1.165, 1.54) is 26.0 Å². The van der Waals surface area contributed by atoms with Crippen LogP contribution in [0, 0.1) is 0 Å². The van der Waals surface area contributed by atoms with E-state index in [4.69, 9.17) is 16.3 Å². The lowest BCUT2D eigenvalue weighted by molar-refractivity contribution is -0.278. The fraction of sp³-hybridized carbons (Fsp3) is 0.375. The van der Waals surface area contributed by atoms with E-state index in [1.54, 1.807) is 0 Å². The lowest BCUT2D eigenvalue weighted by Gasteiger charge is -2.44. The van der Waals surface area contributed by atoms with Gasteiger partial charge in [-0.1, -0.05) is 23.7 Å². The van der Waals surface area contributed by atoms with E-state index in [9.17, 15) is 22.8 Å². The van der Waals surface area contributed by atoms with E-state index in [1.807, 2.05) is 0 Å². The number of rotatable bonds is 5. The molecule has 0 spiro atoms. The maximum Gasteiger partial charge on any atom is 0.437 e. The number of carbonyl (C=O) groups excluding carboxylic acids is 2. The Bertz CT molecular complexity index is 711. The molecule has 0 bridgehead atoms. The minimum absolute atomic E-state index is 0.0955. The maximum absolute atomic E-state index is 13.9. The number of benzene rings is 1. The van der Waals surface area contributed by atoms with Crippen molar-refractivity contribution in [3.63, 3.8) is 0 Å². The third-order valence-electron chi connectivity index (χ3n) is 3.42. The van der Waals surface area contributed by atoms with Gasteiger partial charge < -0.3 is 14.2 Å². The number of halogens is 4. The van der Waals surface area contributed by atoms with Gasteiger partial charge in [-0.2, -0.15) is 13.2 Å². The molecule has 1 atom stereocenters. The summed E-state index contributed by atoms with van der Waals surface area (Å²) in [4.78, 5) is 24.0. The highest BCUT2D eigenvalue weighted by molar-refractivity contribution is 6.30. The molecular weight excluding hydrogens is 365 g/mol. The molecule has 5 nitrogen and oxygen atoms in total. The van der Waals surface area contributed by atoms with E-state index in [0.717, 1.165) is 12.1 Å². The quantitative estimate of drug-likeness (QED) is 0.734. The Morgan fingerprint density at radius 2 is 1.60 bits per heavy atom. The maximum atomic E-state index is 13.9. The second-order valence-electron chi connectivity index (χ2n) is 4.93. The van der Waals surface area contributed by atoms with Crippen LogP contribution in [0.15, 0.2) is 35.6 Å². The second-order valence-corrected chi connectivity index (χ2v) is 5.37. The smallest absolute Gasteiger partial charge is 0.437 e. The normalized spacial score (nSPS) is 19.8. The van der Waals surface area contributed by atoms with Gasteiger partial charge in [-0.15, -0.1) is 0 Å². The Morgan fingerprint density at radius 1 is 1.08 bits per heavy atom. The van der Waals surface area contributed by atoms with Gasteiger partial charge in [-0.3, -0.25) is 0 Å². The number of esters is 2. The summed E-state index contributed by atoms with van der Waals surface area (Å²) in [6.07, 6.45) is -5.03. The van der Waals surface area contributed by atoms with E-state index in [-0.39, 0.29) is 18.2 Å². The summed E-state index contributed by atoms with van der Waals surface area (Å²) in [7, 11) is 0. The molecule has 0 saturated carbocycles. The van der Waals surface area contributed by atoms with E-state index >= 15 is 0 Å². The Balaban J connectivity index is 2.65. The average Bonchev–Trinajstić information content (AvgIpc) is 2.47. The number of hydrogen-bond acceptors (Lipinski definition) is 5. The first-order chi connectivity index (χ1) is 11.7. The first kappa shape index (κ1) is 19.1. The summed E-state index contributed by atoms with van der Waals surface area (Å²) in [6, 6.07) is 4.58. The van der Waals surface area contributed by atoms with E-state index in [0.29, 0.717) is 0 Å². The summed E-state index contributed by atoms with van der Waals surface area (Å²) in [5.41, 5.74) is -4.46. The van der Waals surface area contributed by atoms with Gasteiger partial charge in [0.1, 0.15) is 5.57 Å². The van der Waals surface area contributed by atoms with E-state index < -0.39 is 40.6 Å². The van der Waals surface area contributed by atoms with Gasteiger partial charge in [0, 0.05) is 10.6 Å². The average molecular weight is 379 g/mol. The largest absolute Gasteiger partial charge is 0.462 e. The summed E-state index contributed by atoms with van der Waals surface area (Å²) < 4.78 is 55.8. The van der Waals surface area contributed by atoms with Gasteiger partial charge in [0.2, 0.25) is 5.76 Å². The molecule has 1 aromatic rings. The molecule has 1 aliphatic rings. The van der Waals surface area contributed by atoms with Gasteiger partial charge in [0.05, 0.1) is 13.2 Å². The molecular formula is C16H14ClF3O5. The third kappa shape index (κ3) is 3.18. The monoisotopic (exact) mass is 378 g/mol. The predicted octanol–water partition coefficient (Wildman–Crippen LogP) is 3.51. The standard InChI is InChI=1S/C16H14ClF3O5/c1-3-23-13(21)11-12(14(22)24-4-2)25-15(11,16(18,19)20)9-5-7-10(17)8-6-9/h5-8H,3-4H2,1-2H3. The molecule has 136 valence electrons. The molecule has 1 aliphatic heterocycles. The third-order valence-corrected chi connectivity index (χ3v) is 3.68. The Morgan fingerprint density at radius 3 is 2.08 bits per heavy atom. The van der Waals surface area contributed by atoms with Gasteiger partial charge in [-0.05, 0) is 26.0 Å². The summed E-state index contributed by atoms with van der Waals surface area (Å²) >= 11 is 5.71. The lowest BCUT2D eigenvalue weighted by Crippen LogP contribution is -2.56. The number of carbonyl (C=O) groups is 2. The van der Waals surface area contributed by atoms with Gasteiger partial charge in [-0.25, -0.2) is 9.59 Å². The summed E-state index contributed by atoms with van der Waals surface area (Å²) in [5, 5.41) is 0.202. The van der Waals surface area contributed by atoms with Crippen LogP contribution in [-0.2, 0) is 29.4 Å². The zero-order valence-electron chi connectivity index (χ0n) is 13.3. The molecule has 0 aliphatic carbocycles. The van der Waals surface area contributed by atoms with Crippen LogP contribution in [0.25, 0.3) is 0 Å². The molecule has 0 amide bonds. The number of hydrogen-bond donors (Lipinski definition) is 0. The fourth-order valence-electron chi connectivity index (χ4n) is 2.40. The van der Waals surface area contributed by atoms with Crippen LogP contribution in [0.2, 0.25) is 5.02 Å².